The van der Waals surface area contributed by atoms with Gasteiger partial charge in [-0.1, -0.05) is 39.0 Å². The lowest BCUT2D eigenvalue weighted by molar-refractivity contribution is -0.0505. The second-order valence-electron chi connectivity index (χ2n) is 4.16. The third kappa shape index (κ3) is 3.17. The number of alkyl halides is 3. The van der Waals surface area contributed by atoms with Crippen molar-refractivity contribution >= 4 is 9.52 Å². The summed E-state index contributed by atoms with van der Waals surface area (Å²) in [6, 6.07) is 0. The molecular formula is C8H15F3Si. The first-order chi connectivity index (χ1) is 5.41. The molecule has 12 heavy (non-hydrogen) atoms. The van der Waals surface area contributed by atoms with E-state index in [-0.39, 0.29) is 5.04 Å². The first-order valence-electron chi connectivity index (χ1n) is 4.48. The normalized spacial score (nSPS) is 25.0. The van der Waals surface area contributed by atoms with Gasteiger partial charge in [-0.2, -0.15) is 13.2 Å². The van der Waals surface area contributed by atoms with Crippen LogP contribution in [0.25, 0.3) is 0 Å². The highest BCUT2D eigenvalue weighted by Crippen LogP contribution is 2.44. The molecule has 4 heteroatoms. The van der Waals surface area contributed by atoms with E-state index in [1.807, 2.05) is 6.92 Å². The molecule has 1 fully saturated rings. The van der Waals surface area contributed by atoms with Gasteiger partial charge in [0.25, 0.3) is 0 Å². The molecule has 1 saturated carbocycles. The summed E-state index contributed by atoms with van der Waals surface area (Å²) >= 11 is 0. The van der Waals surface area contributed by atoms with Crippen LogP contribution in [0.15, 0.2) is 0 Å². The van der Waals surface area contributed by atoms with E-state index in [1.54, 1.807) is 0 Å². The fourth-order valence-electron chi connectivity index (χ4n) is 2.07. The van der Waals surface area contributed by atoms with E-state index in [1.165, 1.54) is 0 Å². The van der Waals surface area contributed by atoms with Crippen LogP contribution < -0.4 is 0 Å². The van der Waals surface area contributed by atoms with Crippen LogP contribution in [-0.4, -0.2) is 15.3 Å². The number of hydrogen-bond acceptors (Lipinski definition) is 0. The molecule has 0 saturated heterocycles. The summed E-state index contributed by atoms with van der Waals surface area (Å²) < 4.78 is 36.4. The molecule has 0 spiro atoms. The molecule has 1 aliphatic carbocycles. The Morgan fingerprint density at radius 2 is 1.58 bits per heavy atom. The first-order valence-corrected chi connectivity index (χ1v) is 5.90. The van der Waals surface area contributed by atoms with Crippen LogP contribution >= 0.6 is 0 Å². The molecule has 0 amide bonds. The van der Waals surface area contributed by atoms with Crippen molar-refractivity contribution in [2.45, 2.75) is 49.9 Å². The minimum Gasteiger partial charge on any atom is -0.178 e. The predicted molar refractivity (Wildman–Crippen MR) is 46.1 cm³/mol. The second-order valence-corrected chi connectivity index (χ2v) is 7.03. The van der Waals surface area contributed by atoms with Crippen LogP contribution in [0.1, 0.15) is 39.0 Å². The number of halogens is 3. The summed E-state index contributed by atoms with van der Waals surface area (Å²) in [4.78, 5) is 0. The quantitative estimate of drug-likeness (QED) is 0.566. The summed E-state index contributed by atoms with van der Waals surface area (Å²) in [5.74, 6) is -3.84. The van der Waals surface area contributed by atoms with Crippen LogP contribution in [0, 0.1) is 0 Å². The predicted octanol–water partition coefficient (Wildman–Crippen LogP) is 2.82. The lowest BCUT2D eigenvalue weighted by Crippen LogP contribution is -2.32. The molecule has 0 aromatic rings. The van der Waals surface area contributed by atoms with Crippen LogP contribution in [0.3, 0.4) is 0 Å². The van der Waals surface area contributed by atoms with Crippen molar-refractivity contribution in [3.8, 4) is 0 Å². The van der Waals surface area contributed by atoms with E-state index in [0.29, 0.717) is 0 Å². The number of hydrogen-bond donors (Lipinski definition) is 0. The van der Waals surface area contributed by atoms with Crippen LogP contribution in [0.4, 0.5) is 13.2 Å². The molecule has 1 rings (SSSR count). The molecule has 0 atom stereocenters. The maximum Gasteiger partial charge on any atom is 0.355 e. The van der Waals surface area contributed by atoms with Gasteiger partial charge in [0.1, 0.15) is 0 Å². The van der Waals surface area contributed by atoms with Crippen LogP contribution in [0.2, 0.25) is 5.04 Å². The van der Waals surface area contributed by atoms with Crippen molar-refractivity contribution in [1.29, 1.82) is 0 Å². The standard InChI is InChI=1S/C8H15F3Si/c1-7(12-8(9,10)11)5-3-2-4-6-7/h2-6,12H2,1H3. The first kappa shape index (κ1) is 10.1. The smallest absolute Gasteiger partial charge is 0.178 e. The molecule has 1 aliphatic rings. The lowest BCUT2D eigenvalue weighted by Gasteiger charge is -2.33. The lowest BCUT2D eigenvalue weighted by atomic mass is 9.90. The zero-order chi connectivity index (χ0) is 9.24. The van der Waals surface area contributed by atoms with Gasteiger partial charge in [-0.05, 0) is 5.04 Å². The highest BCUT2D eigenvalue weighted by molar-refractivity contribution is 6.42. The van der Waals surface area contributed by atoms with Crippen molar-refractivity contribution in [2.75, 3.05) is 0 Å². The molecule has 0 N–H and O–H groups in total. The van der Waals surface area contributed by atoms with Gasteiger partial charge in [0, 0.05) is 0 Å². The fourth-order valence-corrected chi connectivity index (χ4v) is 3.89. The second kappa shape index (κ2) is 3.40. The Balaban J connectivity index is 2.47. The maximum atomic E-state index is 12.1. The largest absolute Gasteiger partial charge is 0.355 e. The van der Waals surface area contributed by atoms with Crippen molar-refractivity contribution in [3.63, 3.8) is 0 Å². The molecule has 0 unspecified atom stereocenters. The minimum absolute atomic E-state index is 0.323. The Morgan fingerprint density at radius 3 is 2.00 bits per heavy atom. The summed E-state index contributed by atoms with van der Waals surface area (Å²) in [7, 11) is -1.89. The third-order valence-electron chi connectivity index (χ3n) is 2.69. The Labute approximate surface area is 73.4 Å². The molecule has 0 aromatic heterocycles. The van der Waals surface area contributed by atoms with Gasteiger partial charge >= 0.3 is 5.80 Å². The Kier molecular flexibility index (Phi) is 2.86. The van der Waals surface area contributed by atoms with Gasteiger partial charge in [-0.3, -0.25) is 0 Å². The summed E-state index contributed by atoms with van der Waals surface area (Å²) in [5.41, 5.74) is 0. The molecule has 0 nitrogen and oxygen atoms in total. The van der Waals surface area contributed by atoms with Crippen molar-refractivity contribution in [2.24, 2.45) is 0 Å². The average Bonchev–Trinajstić information content (AvgIpc) is 1.83. The maximum absolute atomic E-state index is 12.1. The van der Waals surface area contributed by atoms with E-state index < -0.39 is 15.3 Å². The minimum atomic E-state index is -3.84. The Morgan fingerprint density at radius 1 is 1.08 bits per heavy atom. The summed E-state index contributed by atoms with van der Waals surface area (Å²) in [6.07, 6.45) is 4.73. The van der Waals surface area contributed by atoms with Crippen molar-refractivity contribution in [3.05, 3.63) is 0 Å². The van der Waals surface area contributed by atoms with Crippen molar-refractivity contribution < 1.29 is 13.2 Å². The molecule has 72 valence electrons. The van der Waals surface area contributed by atoms with Crippen LogP contribution in [0.5, 0.6) is 0 Å². The topological polar surface area (TPSA) is 0 Å². The summed E-state index contributed by atoms with van der Waals surface area (Å²) in [6.45, 7) is 1.83. The zero-order valence-corrected chi connectivity index (χ0v) is 8.79. The Bertz CT molecular complexity index is 147. The Hall–Kier alpha value is 0.00688. The molecule has 0 aromatic carbocycles. The molecule has 0 radical (unpaired) electrons. The summed E-state index contributed by atoms with van der Waals surface area (Å²) in [5, 5.41) is -0.323. The van der Waals surface area contributed by atoms with E-state index in [2.05, 4.69) is 0 Å². The van der Waals surface area contributed by atoms with E-state index in [9.17, 15) is 13.2 Å². The van der Waals surface area contributed by atoms with Crippen molar-refractivity contribution in [1.82, 2.24) is 0 Å². The van der Waals surface area contributed by atoms with Gasteiger partial charge in [0.2, 0.25) is 0 Å². The van der Waals surface area contributed by atoms with Gasteiger partial charge in [0.05, 0.1) is 0 Å². The highest BCUT2D eigenvalue weighted by Gasteiger charge is 2.40. The SMILES string of the molecule is CC1([SiH2]C(F)(F)F)CCCCC1. The molecule has 0 bridgehead atoms. The van der Waals surface area contributed by atoms with E-state index >= 15 is 0 Å². The molecule has 0 aliphatic heterocycles. The van der Waals surface area contributed by atoms with E-state index in [0.717, 1.165) is 32.1 Å². The van der Waals surface area contributed by atoms with Gasteiger partial charge in [0.15, 0.2) is 9.52 Å². The van der Waals surface area contributed by atoms with Crippen LogP contribution in [-0.2, 0) is 0 Å². The third-order valence-corrected chi connectivity index (χ3v) is 4.65. The number of rotatable bonds is 1. The monoisotopic (exact) mass is 196 g/mol. The van der Waals surface area contributed by atoms with Gasteiger partial charge < -0.3 is 0 Å². The molecular weight excluding hydrogens is 181 g/mol. The van der Waals surface area contributed by atoms with E-state index in [4.69, 9.17) is 0 Å². The molecule has 0 heterocycles. The van der Waals surface area contributed by atoms with Gasteiger partial charge in [-0.15, -0.1) is 0 Å². The highest BCUT2D eigenvalue weighted by atomic mass is 28.2. The fraction of sp³-hybridized carbons (Fsp3) is 1.00. The zero-order valence-electron chi connectivity index (χ0n) is 7.38. The van der Waals surface area contributed by atoms with Gasteiger partial charge in [-0.25, -0.2) is 0 Å². The average molecular weight is 196 g/mol.